The molecule has 3 N–H and O–H groups in total. The fourth-order valence-electron chi connectivity index (χ4n) is 1.18. The summed E-state index contributed by atoms with van der Waals surface area (Å²) in [6.45, 7) is 3.25. The van der Waals surface area contributed by atoms with Gasteiger partial charge in [-0.25, -0.2) is 0 Å². The van der Waals surface area contributed by atoms with Crippen LogP contribution in [-0.2, 0) is 4.79 Å². The monoisotopic (exact) mass is 238 g/mol. The SMILES string of the molecule is CCCC(O)CNC(=O)CCCNC.Cl. The number of carbonyl (C=O) groups is 1. The lowest BCUT2D eigenvalue weighted by Gasteiger charge is -2.10. The van der Waals surface area contributed by atoms with E-state index in [0.29, 0.717) is 13.0 Å². The van der Waals surface area contributed by atoms with Gasteiger partial charge >= 0.3 is 0 Å². The number of rotatable bonds is 8. The molecule has 15 heavy (non-hydrogen) atoms. The van der Waals surface area contributed by atoms with Crippen LogP contribution in [0.2, 0.25) is 0 Å². The first-order chi connectivity index (χ1) is 6.70. The van der Waals surface area contributed by atoms with Crippen LogP contribution in [0.5, 0.6) is 0 Å². The van der Waals surface area contributed by atoms with Crippen LogP contribution < -0.4 is 10.6 Å². The van der Waals surface area contributed by atoms with Gasteiger partial charge < -0.3 is 15.7 Å². The zero-order chi connectivity index (χ0) is 10.8. The molecule has 0 fully saturated rings. The molecule has 1 unspecified atom stereocenters. The Kier molecular flexibility index (Phi) is 13.4. The van der Waals surface area contributed by atoms with Gasteiger partial charge in [0.25, 0.3) is 0 Å². The second kappa shape index (κ2) is 11.8. The highest BCUT2D eigenvalue weighted by molar-refractivity contribution is 5.85. The van der Waals surface area contributed by atoms with E-state index in [4.69, 9.17) is 0 Å². The quantitative estimate of drug-likeness (QED) is 0.545. The number of aliphatic hydroxyl groups is 1. The highest BCUT2D eigenvalue weighted by Gasteiger charge is 2.05. The summed E-state index contributed by atoms with van der Waals surface area (Å²) < 4.78 is 0. The molecule has 0 saturated carbocycles. The highest BCUT2D eigenvalue weighted by Crippen LogP contribution is 1.94. The Morgan fingerprint density at radius 1 is 1.47 bits per heavy atom. The van der Waals surface area contributed by atoms with E-state index in [9.17, 15) is 9.90 Å². The molecule has 0 aliphatic carbocycles. The van der Waals surface area contributed by atoms with Crippen molar-refractivity contribution in [1.82, 2.24) is 10.6 Å². The van der Waals surface area contributed by atoms with Crippen molar-refractivity contribution in [2.45, 2.75) is 38.7 Å². The van der Waals surface area contributed by atoms with Gasteiger partial charge in [0.1, 0.15) is 0 Å². The van der Waals surface area contributed by atoms with Crippen LogP contribution in [-0.4, -0.2) is 37.3 Å². The normalized spacial score (nSPS) is 11.7. The third-order valence-corrected chi connectivity index (χ3v) is 1.99. The summed E-state index contributed by atoms with van der Waals surface area (Å²) in [5.41, 5.74) is 0. The number of halogens is 1. The summed E-state index contributed by atoms with van der Waals surface area (Å²) in [6, 6.07) is 0. The van der Waals surface area contributed by atoms with Crippen molar-refractivity contribution in [2.24, 2.45) is 0 Å². The number of hydrogen-bond donors (Lipinski definition) is 3. The van der Waals surface area contributed by atoms with Gasteiger partial charge in [0, 0.05) is 13.0 Å². The lowest BCUT2D eigenvalue weighted by atomic mass is 10.2. The first kappa shape index (κ1) is 17.1. The maximum Gasteiger partial charge on any atom is 0.220 e. The lowest BCUT2D eigenvalue weighted by molar-refractivity contribution is -0.121. The second-order valence-electron chi connectivity index (χ2n) is 3.45. The molecule has 0 saturated heterocycles. The summed E-state index contributed by atoms with van der Waals surface area (Å²) in [5.74, 6) is 0.0235. The van der Waals surface area contributed by atoms with Gasteiger partial charge in [-0.2, -0.15) is 0 Å². The van der Waals surface area contributed by atoms with Crippen molar-refractivity contribution in [3.63, 3.8) is 0 Å². The molecule has 1 amide bonds. The number of aliphatic hydroxyl groups excluding tert-OH is 1. The van der Waals surface area contributed by atoms with Gasteiger partial charge in [0.2, 0.25) is 5.91 Å². The van der Waals surface area contributed by atoms with Crippen LogP contribution >= 0.6 is 12.4 Å². The molecule has 0 heterocycles. The van der Waals surface area contributed by atoms with E-state index in [0.717, 1.165) is 25.8 Å². The van der Waals surface area contributed by atoms with Crippen molar-refractivity contribution in [1.29, 1.82) is 0 Å². The fraction of sp³-hybridized carbons (Fsp3) is 0.900. The standard InChI is InChI=1S/C10H22N2O2.ClH/c1-3-5-9(13)8-12-10(14)6-4-7-11-2;/h9,11,13H,3-8H2,1-2H3,(H,12,14);1H. The van der Waals surface area contributed by atoms with E-state index in [1.165, 1.54) is 0 Å². The third kappa shape index (κ3) is 11.6. The van der Waals surface area contributed by atoms with Crippen LogP contribution in [0, 0.1) is 0 Å². The topological polar surface area (TPSA) is 61.4 Å². The van der Waals surface area contributed by atoms with Crippen molar-refractivity contribution < 1.29 is 9.90 Å². The summed E-state index contributed by atoms with van der Waals surface area (Å²) in [6.07, 6.45) is 2.66. The summed E-state index contributed by atoms with van der Waals surface area (Å²) in [5, 5.41) is 15.0. The predicted octanol–water partition coefficient (Wildman–Crippen LogP) is 0.685. The van der Waals surface area contributed by atoms with Crippen LogP contribution in [0.3, 0.4) is 0 Å². The van der Waals surface area contributed by atoms with Crippen LogP contribution in [0.25, 0.3) is 0 Å². The summed E-state index contributed by atoms with van der Waals surface area (Å²) in [7, 11) is 1.86. The Bertz CT molecular complexity index is 156. The van der Waals surface area contributed by atoms with Gasteiger partial charge in [-0.3, -0.25) is 4.79 Å². The molecular formula is C10H23ClN2O2. The van der Waals surface area contributed by atoms with Gasteiger partial charge in [-0.05, 0) is 26.4 Å². The molecule has 0 aromatic carbocycles. The molecule has 5 heteroatoms. The first-order valence-corrected chi connectivity index (χ1v) is 5.30. The molecular weight excluding hydrogens is 216 g/mol. The minimum absolute atomic E-state index is 0. The zero-order valence-electron chi connectivity index (χ0n) is 9.58. The minimum atomic E-state index is -0.395. The molecule has 0 aliphatic rings. The van der Waals surface area contributed by atoms with Crippen LogP contribution in [0.4, 0.5) is 0 Å². The van der Waals surface area contributed by atoms with E-state index in [1.54, 1.807) is 0 Å². The smallest absolute Gasteiger partial charge is 0.220 e. The maximum absolute atomic E-state index is 11.2. The third-order valence-electron chi connectivity index (χ3n) is 1.99. The van der Waals surface area contributed by atoms with Crippen molar-refractivity contribution in [3.8, 4) is 0 Å². The highest BCUT2D eigenvalue weighted by atomic mass is 35.5. The molecule has 0 radical (unpaired) electrons. The predicted molar refractivity (Wildman–Crippen MR) is 64.3 cm³/mol. The van der Waals surface area contributed by atoms with E-state index in [-0.39, 0.29) is 18.3 Å². The van der Waals surface area contributed by atoms with Crippen molar-refractivity contribution in [2.75, 3.05) is 20.1 Å². The Hall–Kier alpha value is -0.320. The van der Waals surface area contributed by atoms with Gasteiger partial charge in [0.05, 0.1) is 6.10 Å². The number of carbonyl (C=O) groups excluding carboxylic acids is 1. The molecule has 0 bridgehead atoms. The van der Waals surface area contributed by atoms with E-state index in [1.807, 2.05) is 14.0 Å². The largest absolute Gasteiger partial charge is 0.391 e. The van der Waals surface area contributed by atoms with Gasteiger partial charge in [0.15, 0.2) is 0 Å². The molecule has 0 rings (SSSR count). The maximum atomic E-state index is 11.2. The first-order valence-electron chi connectivity index (χ1n) is 5.30. The summed E-state index contributed by atoms with van der Waals surface area (Å²) >= 11 is 0. The lowest BCUT2D eigenvalue weighted by Crippen LogP contribution is -2.32. The molecule has 1 atom stereocenters. The van der Waals surface area contributed by atoms with E-state index >= 15 is 0 Å². The summed E-state index contributed by atoms with van der Waals surface area (Å²) in [4.78, 5) is 11.2. The molecule has 4 nitrogen and oxygen atoms in total. The second-order valence-corrected chi connectivity index (χ2v) is 3.45. The van der Waals surface area contributed by atoms with E-state index < -0.39 is 6.10 Å². The average Bonchev–Trinajstić information content (AvgIpc) is 2.16. The minimum Gasteiger partial charge on any atom is -0.391 e. The Labute approximate surface area is 98.2 Å². The van der Waals surface area contributed by atoms with Crippen LogP contribution in [0.15, 0.2) is 0 Å². The molecule has 92 valence electrons. The van der Waals surface area contributed by atoms with Crippen LogP contribution in [0.1, 0.15) is 32.6 Å². The van der Waals surface area contributed by atoms with Crippen molar-refractivity contribution in [3.05, 3.63) is 0 Å². The Morgan fingerprint density at radius 3 is 2.67 bits per heavy atom. The van der Waals surface area contributed by atoms with Crippen molar-refractivity contribution >= 4 is 18.3 Å². The molecule has 0 aliphatic heterocycles. The molecule has 0 aromatic heterocycles. The average molecular weight is 239 g/mol. The van der Waals surface area contributed by atoms with E-state index in [2.05, 4.69) is 10.6 Å². The fourth-order valence-corrected chi connectivity index (χ4v) is 1.18. The number of nitrogens with one attached hydrogen (secondary N) is 2. The Morgan fingerprint density at radius 2 is 2.13 bits per heavy atom. The van der Waals surface area contributed by atoms with Gasteiger partial charge in [-0.1, -0.05) is 13.3 Å². The zero-order valence-corrected chi connectivity index (χ0v) is 10.4. The number of amides is 1. The number of hydrogen-bond acceptors (Lipinski definition) is 3. The molecule has 0 aromatic rings. The Balaban J connectivity index is 0. The molecule has 0 spiro atoms. The van der Waals surface area contributed by atoms with Gasteiger partial charge in [-0.15, -0.1) is 12.4 Å².